The van der Waals surface area contributed by atoms with Crippen LogP contribution in [0, 0.1) is 0 Å². The summed E-state index contributed by atoms with van der Waals surface area (Å²) >= 11 is 0. The SMILES string of the molecule is Nc1cc2c(O)c(N=Nc3ccc(N=Nc4ccc(S(=O)(=O)[O-])cc4)c4ccc(S(=O)(=O)[O-])cc34)c([S-](=O)=O)cc2cc1[S-](=O)=O.[Na+].[Na+].[Na+].[Na+].[OH3+].[OH3+]. The quantitative estimate of drug-likeness (QED) is 0.0368. The number of hydrogen-bond acceptors (Lipinski definition) is 18. The predicted molar refractivity (Wildman–Crippen MR) is 168 cm³/mol. The van der Waals surface area contributed by atoms with Crippen molar-refractivity contribution in [1.82, 2.24) is 0 Å². The molecule has 254 valence electrons. The molecule has 52 heavy (non-hydrogen) atoms. The van der Waals surface area contributed by atoms with Crippen LogP contribution in [-0.2, 0) is 69.4 Å². The van der Waals surface area contributed by atoms with Crippen molar-refractivity contribution in [3.63, 3.8) is 0 Å². The second-order valence-electron chi connectivity index (χ2n) is 9.27. The van der Waals surface area contributed by atoms with Gasteiger partial charge in [0, 0.05) is 21.8 Å². The zero-order valence-corrected chi connectivity index (χ0v) is 38.9. The van der Waals surface area contributed by atoms with Gasteiger partial charge >= 0.3 is 118 Å². The molecule has 0 aliphatic heterocycles. The van der Waals surface area contributed by atoms with Gasteiger partial charge in [0.05, 0.1) is 26.9 Å². The maximum absolute atomic E-state index is 12.1. The molecule has 18 nitrogen and oxygen atoms in total. The molecule has 0 aliphatic rings. The minimum atomic E-state index is -4.95. The molecular formula is C26H21N5Na4O13S4+2. The molecule has 0 bridgehead atoms. The molecule has 0 aliphatic carbocycles. The van der Waals surface area contributed by atoms with Crippen molar-refractivity contribution in [2.45, 2.75) is 19.6 Å². The maximum Gasteiger partial charge on any atom is 1.00 e. The van der Waals surface area contributed by atoms with Crippen molar-refractivity contribution in [3.05, 3.63) is 72.8 Å². The Hall–Kier alpha value is -0.940. The van der Waals surface area contributed by atoms with Gasteiger partial charge in [0.25, 0.3) is 0 Å². The van der Waals surface area contributed by atoms with E-state index >= 15 is 0 Å². The molecule has 9 N–H and O–H groups in total. The molecule has 0 aromatic heterocycles. The first kappa shape index (κ1) is 53.2. The van der Waals surface area contributed by atoms with E-state index in [1.807, 2.05) is 0 Å². The van der Waals surface area contributed by atoms with Gasteiger partial charge in [-0.2, -0.15) is 5.11 Å². The first-order valence-corrected chi connectivity index (χ1v) is 17.2. The fourth-order valence-corrected chi connectivity index (χ4v) is 6.24. The van der Waals surface area contributed by atoms with Gasteiger partial charge in [0.2, 0.25) is 0 Å². The van der Waals surface area contributed by atoms with Gasteiger partial charge in [0.15, 0.2) is 0 Å². The minimum Gasteiger partial charge on any atom is -0.744 e. The zero-order chi connectivity index (χ0) is 33.6. The van der Waals surface area contributed by atoms with Crippen LogP contribution in [0.25, 0.3) is 21.5 Å². The van der Waals surface area contributed by atoms with E-state index in [1.165, 1.54) is 30.3 Å². The first-order valence-electron chi connectivity index (χ1n) is 12.2. The molecule has 0 radical (unpaired) electrons. The van der Waals surface area contributed by atoms with E-state index in [-0.39, 0.29) is 178 Å². The summed E-state index contributed by atoms with van der Waals surface area (Å²) in [7, 11) is -15.4. The number of hydrogen-bond donors (Lipinski definition) is 2. The van der Waals surface area contributed by atoms with Crippen molar-refractivity contribution in [2.75, 3.05) is 5.73 Å². The second-order valence-corrected chi connectivity index (χ2v) is 13.8. The van der Waals surface area contributed by atoms with E-state index in [9.17, 15) is 47.9 Å². The van der Waals surface area contributed by atoms with Crippen LogP contribution in [0.1, 0.15) is 0 Å². The number of phenols is 1. The number of fused-ring (bicyclic) bond motifs is 2. The van der Waals surface area contributed by atoms with Crippen LogP contribution in [0.2, 0.25) is 0 Å². The van der Waals surface area contributed by atoms with Crippen molar-refractivity contribution >= 4 is 91.6 Å². The Morgan fingerprint density at radius 1 is 0.577 bits per heavy atom. The van der Waals surface area contributed by atoms with Gasteiger partial charge in [-0.1, -0.05) is 23.1 Å². The Morgan fingerprint density at radius 3 is 1.58 bits per heavy atom. The largest absolute Gasteiger partial charge is 1.00 e. The van der Waals surface area contributed by atoms with Crippen molar-refractivity contribution in [3.8, 4) is 5.75 Å². The fourth-order valence-electron chi connectivity index (χ4n) is 4.28. The average Bonchev–Trinajstić information content (AvgIpc) is 2.98. The third-order valence-electron chi connectivity index (χ3n) is 6.43. The van der Waals surface area contributed by atoms with E-state index in [1.54, 1.807) is 0 Å². The summed E-state index contributed by atoms with van der Waals surface area (Å²) in [5.41, 5.74) is 5.18. The number of nitrogens with two attached hydrogens (primary N) is 1. The Morgan fingerprint density at radius 2 is 1.06 bits per heavy atom. The summed E-state index contributed by atoms with van der Waals surface area (Å²) in [6, 6.07) is 13.6. The van der Waals surface area contributed by atoms with E-state index in [4.69, 9.17) is 5.73 Å². The molecule has 0 spiro atoms. The van der Waals surface area contributed by atoms with Gasteiger partial charge in [0.1, 0.15) is 31.7 Å². The van der Waals surface area contributed by atoms with Gasteiger partial charge in [-0.05, 0) is 86.3 Å². The number of nitrogen functional groups attached to an aromatic ring is 1. The first-order chi connectivity index (χ1) is 21.5. The summed E-state index contributed by atoms with van der Waals surface area (Å²) in [4.78, 5) is -2.01. The average molecular weight is 832 g/mol. The molecule has 5 aromatic carbocycles. The van der Waals surface area contributed by atoms with E-state index in [0.717, 1.165) is 42.5 Å². The number of anilines is 1. The van der Waals surface area contributed by atoms with Gasteiger partial charge in [-0.3, -0.25) is 0 Å². The summed E-state index contributed by atoms with van der Waals surface area (Å²) in [5, 5.41) is 27.1. The third kappa shape index (κ3) is 12.0. The van der Waals surface area contributed by atoms with Crippen molar-refractivity contribution < 1.29 is 177 Å². The van der Waals surface area contributed by atoms with Crippen molar-refractivity contribution in [1.29, 1.82) is 0 Å². The predicted octanol–water partition coefficient (Wildman–Crippen LogP) is -8.57. The Labute approximate surface area is 387 Å². The monoisotopic (exact) mass is 831 g/mol. The molecule has 0 unspecified atom stereocenters. The Kier molecular flexibility index (Phi) is 21.9. The van der Waals surface area contributed by atoms with E-state index in [0.29, 0.717) is 0 Å². The number of phenolic OH excluding ortho intramolecular Hbond substituents is 1. The van der Waals surface area contributed by atoms with Crippen molar-refractivity contribution in [2.24, 2.45) is 20.5 Å². The van der Waals surface area contributed by atoms with Crippen LogP contribution < -0.4 is 124 Å². The molecule has 5 aromatic rings. The molecule has 0 amide bonds. The number of nitrogens with zero attached hydrogens (tertiary/aromatic N) is 4. The molecule has 0 heterocycles. The smallest absolute Gasteiger partial charge is 0.744 e. The van der Waals surface area contributed by atoms with Crippen LogP contribution in [0.15, 0.2) is 113 Å². The molecule has 5 rings (SSSR count). The Balaban J connectivity index is 0. The summed E-state index contributed by atoms with van der Waals surface area (Å²) in [6.07, 6.45) is 0. The molecule has 0 saturated heterocycles. The van der Waals surface area contributed by atoms with E-state index in [2.05, 4.69) is 20.5 Å². The number of aromatic hydroxyl groups is 1. The van der Waals surface area contributed by atoms with Gasteiger partial charge in [-0.15, -0.1) is 15.3 Å². The topological polar surface area (TPSA) is 344 Å². The summed E-state index contributed by atoms with van der Waals surface area (Å²) < 4.78 is 116. The van der Waals surface area contributed by atoms with Crippen LogP contribution in [0.5, 0.6) is 5.75 Å². The molecule has 26 heteroatoms. The normalized spacial score (nSPS) is 11.3. The minimum absolute atomic E-state index is 0. The van der Waals surface area contributed by atoms with Crippen LogP contribution in [0.3, 0.4) is 0 Å². The van der Waals surface area contributed by atoms with Crippen LogP contribution in [-0.4, -0.2) is 31.0 Å². The van der Waals surface area contributed by atoms with Crippen LogP contribution >= 0.6 is 0 Å². The second kappa shape index (κ2) is 21.4. The molecule has 0 atom stereocenters. The molecule has 0 saturated carbocycles. The maximum atomic E-state index is 12.1. The summed E-state index contributed by atoms with van der Waals surface area (Å²) in [6.45, 7) is 0. The Bertz CT molecular complexity index is 2540. The number of benzene rings is 5. The zero-order valence-electron chi connectivity index (χ0n) is 27.6. The number of azo groups is 2. The van der Waals surface area contributed by atoms with Gasteiger partial charge in [-0.25, -0.2) is 16.8 Å². The van der Waals surface area contributed by atoms with E-state index < -0.39 is 67.8 Å². The molecular weight excluding hydrogens is 811 g/mol. The van der Waals surface area contributed by atoms with Crippen LogP contribution in [0.4, 0.5) is 28.4 Å². The fraction of sp³-hybridized carbons (Fsp3) is 0. The summed E-state index contributed by atoms with van der Waals surface area (Å²) in [5.74, 6) is -0.705. The number of rotatable bonds is 8. The molecule has 0 fully saturated rings. The standard InChI is InChI=1S/C26H17N5O11S4.4Na.2H2O/c27-20-12-18-13(9-23(20)43(33)34)10-24(44(35)36)25(26(18)32)31-30-22-8-7-21(17-6-5-16(11-19(17)22)46(40,41)42)29-28-14-1-3-15(4-2-14)45(37,38)39;;;;;;/h1-12,32H,27H2,(H,37,38,39)(H,40,41,42);;;;;2*1H2/q-2;4*+1;;. The van der Waals surface area contributed by atoms with Gasteiger partial charge < -0.3 is 47.7 Å². The third-order valence-corrected chi connectivity index (χ3v) is 9.49.